The van der Waals surface area contributed by atoms with Gasteiger partial charge in [0.1, 0.15) is 6.33 Å². The van der Waals surface area contributed by atoms with Crippen molar-refractivity contribution < 1.29 is 8.42 Å². The fourth-order valence-electron chi connectivity index (χ4n) is 2.01. The highest BCUT2D eigenvalue weighted by Crippen LogP contribution is 2.22. The number of rotatable bonds is 5. The van der Waals surface area contributed by atoms with E-state index in [2.05, 4.69) is 14.8 Å². The van der Waals surface area contributed by atoms with Crippen molar-refractivity contribution in [3.05, 3.63) is 35.4 Å². The van der Waals surface area contributed by atoms with E-state index in [9.17, 15) is 8.42 Å². The second-order valence-corrected chi connectivity index (χ2v) is 6.69. The van der Waals surface area contributed by atoms with Crippen LogP contribution >= 0.6 is 0 Å². The van der Waals surface area contributed by atoms with Crippen LogP contribution in [0.1, 0.15) is 17.0 Å². The number of nitrogens with two attached hydrogens (primary N) is 1. The summed E-state index contributed by atoms with van der Waals surface area (Å²) in [5.74, 6) is 0.598. The maximum atomic E-state index is 12.3. The van der Waals surface area contributed by atoms with E-state index in [1.807, 2.05) is 6.92 Å². The SMILES string of the molecule is Cc1cc(N)c(C)c(S(=O)(=O)NCCc2ncn(C)n2)c1. The summed E-state index contributed by atoms with van der Waals surface area (Å²) >= 11 is 0. The van der Waals surface area contributed by atoms with Crippen molar-refractivity contribution in [2.75, 3.05) is 12.3 Å². The molecule has 8 heteroatoms. The number of nitrogens with one attached hydrogen (secondary N) is 1. The molecular formula is C13H19N5O2S. The normalized spacial score (nSPS) is 11.8. The van der Waals surface area contributed by atoms with Crippen molar-refractivity contribution in [2.24, 2.45) is 7.05 Å². The molecule has 7 nitrogen and oxygen atoms in total. The molecule has 0 radical (unpaired) electrons. The topological polar surface area (TPSA) is 103 Å². The zero-order chi connectivity index (χ0) is 15.6. The molecule has 21 heavy (non-hydrogen) atoms. The number of sulfonamides is 1. The number of aryl methyl sites for hydroxylation is 2. The van der Waals surface area contributed by atoms with Crippen LogP contribution in [0.3, 0.4) is 0 Å². The highest BCUT2D eigenvalue weighted by atomic mass is 32.2. The lowest BCUT2D eigenvalue weighted by Crippen LogP contribution is -2.27. The molecular weight excluding hydrogens is 290 g/mol. The van der Waals surface area contributed by atoms with Gasteiger partial charge in [-0.05, 0) is 37.1 Å². The molecule has 0 atom stereocenters. The summed E-state index contributed by atoms with van der Waals surface area (Å²) in [4.78, 5) is 4.27. The summed E-state index contributed by atoms with van der Waals surface area (Å²) in [6, 6.07) is 3.37. The number of nitrogens with zero attached hydrogens (tertiary/aromatic N) is 3. The molecule has 1 aromatic carbocycles. The van der Waals surface area contributed by atoms with Gasteiger partial charge in [0.25, 0.3) is 0 Å². The Bertz CT molecular complexity index is 752. The summed E-state index contributed by atoms with van der Waals surface area (Å²) in [6.45, 7) is 3.75. The van der Waals surface area contributed by atoms with E-state index in [4.69, 9.17) is 5.73 Å². The molecule has 2 aromatic rings. The standard InChI is InChI=1S/C13H19N5O2S/c1-9-6-11(14)10(2)12(7-9)21(19,20)16-5-4-13-15-8-18(3)17-13/h6-8,16H,4-5,14H2,1-3H3. The summed E-state index contributed by atoms with van der Waals surface area (Å²) in [7, 11) is -1.83. The quantitative estimate of drug-likeness (QED) is 0.784. The molecule has 114 valence electrons. The molecule has 2 rings (SSSR count). The van der Waals surface area contributed by atoms with Crippen LogP contribution in [0, 0.1) is 13.8 Å². The molecule has 0 aliphatic carbocycles. The smallest absolute Gasteiger partial charge is 0.240 e. The number of hydrogen-bond acceptors (Lipinski definition) is 5. The largest absolute Gasteiger partial charge is 0.398 e. The Kier molecular flexibility index (Phi) is 4.29. The van der Waals surface area contributed by atoms with E-state index in [1.165, 1.54) is 0 Å². The van der Waals surface area contributed by atoms with Crippen LogP contribution in [0.25, 0.3) is 0 Å². The molecule has 1 heterocycles. The van der Waals surface area contributed by atoms with Gasteiger partial charge in [0.15, 0.2) is 5.82 Å². The predicted molar refractivity (Wildman–Crippen MR) is 80.2 cm³/mol. The molecule has 0 spiro atoms. The molecule has 0 aliphatic heterocycles. The number of benzene rings is 1. The van der Waals surface area contributed by atoms with E-state index >= 15 is 0 Å². The van der Waals surface area contributed by atoms with E-state index in [0.29, 0.717) is 23.5 Å². The van der Waals surface area contributed by atoms with E-state index in [-0.39, 0.29) is 11.4 Å². The van der Waals surface area contributed by atoms with Gasteiger partial charge in [-0.25, -0.2) is 18.1 Å². The third-order valence-corrected chi connectivity index (χ3v) is 4.71. The van der Waals surface area contributed by atoms with Crippen molar-refractivity contribution in [2.45, 2.75) is 25.2 Å². The molecule has 0 saturated heterocycles. The summed E-state index contributed by atoms with van der Waals surface area (Å²) < 4.78 is 28.8. The average molecular weight is 309 g/mol. The van der Waals surface area contributed by atoms with Crippen LogP contribution in [0.2, 0.25) is 0 Å². The maximum Gasteiger partial charge on any atom is 0.240 e. The second kappa shape index (κ2) is 5.82. The first kappa shape index (κ1) is 15.5. The zero-order valence-corrected chi connectivity index (χ0v) is 13.1. The van der Waals surface area contributed by atoms with Gasteiger partial charge in [0.05, 0.1) is 4.90 Å². The third-order valence-electron chi connectivity index (χ3n) is 3.12. The van der Waals surface area contributed by atoms with Gasteiger partial charge in [-0.2, -0.15) is 5.10 Å². The van der Waals surface area contributed by atoms with E-state index < -0.39 is 10.0 Å². The molecule has 0 amide bonds. The van der Waals surface area contributed by atoms with Crippen LogP contribution in [0.5, 0.6) is 0 Å². The first-order valence-electron chi connectivity index (χ1n) is 6.50. The first-order chi connectivity index (χ1) is 9.79. The molecule has 3 N–H and O–H groups in total. The molecule has 0 unspecified atom stereocenters. The molecule has 0 fully saturated rings. The van der Waals surface area contributed by atoms with Crippen LogP contribution in [-0.4, -0.2) is 29.7 Å². The zero-order valence-electron chi connectivity index (χ0n) is 12.3. The minimum atomic E-state index is -3.59. The minimum Gasteiger partial charge on any atom is -0.398 e. The van der Waals surface area contributed by atoms with Gasteiger partial charge >= 0.3 is 0 Å². The van der Waals surface area contributed by atoms with Gasteiger partial charge in [-0.3, -0.25) is 4.68 Å². The van der Waals surface area contributed by atoms with Gasteiger partial charge in [0.2, 0.25) is 10.0 Å². The number of hydrogen-bond donors (Lipinski definition) is 2. The highest BCUT2D eigenvalue weighted by molar-refractivity contribution is 7.89. The summed E-state index contributed by atoms with van der Waals surface area (Å²) in [6.07, 6.45) is 2.01. The van der Waals surface area contributed by atoms with Gasteiger partial charge in [-0.15, -0.1) is 0 Å². The second-order valence-electron chi connectivity index (χ2n) is 4.96. The molecule has 0 aliphatic rings. The Morgan fingerprint density at radius 3 is 2.67 bits per heavy atom. The Morgan fingerprint density at radius 1 is 1.33 bits per heavy atom. The average Bonchev–Trinajstić information content (AvgIpc) is 2.79. The fraction of sp³-hybridized carbons (Fsp3) is 0.385. The summed E-state index contributed by atoms with van der Waals surface area (Å²) in [5.41, 5.74) is 7.67. The van der Waals surface area contributed by atoms with Crippen molar-refractivity contribution in [1.29, 1.82) is 0 Å². The summed E-state index contributed by atoms with van der Waals surface area (Å²) in [5, 5.41) is 4.10. The first-order valence-corrected chi connectivity index (χ1v) is 7.99. The predicted octanol–water partition coefficient (Wildman–Crippen LogP) is 0.535. The lowest BCUT2D eigenvalue weighted by molar-refractivity contribution is 0.580. The van der Waals surface area contributed by atoms with Crippen LogP contribution in [0.4, 0.5) is 5.69 Å². The fourth-order valence-corrected chi connectivity index (χ4v) is 3.39. The Labute approximate surface area is 124 Å². The highest BCUT2D eigenvalue weighted by Gasteiger charge is 2.18. The van der Waals surface area contributed by atoms with Crippen molar-refractivity contribution in [3.8, 4) is 0 Å². The monoisotopic (exact) mass is 309 g/mol. The molecule has 1 aromatic heterocycles. The van der Waals surface area contributed by atoms with Crippen LogP contribution in [-0.2, 0) is 23.5 Å². The van der Waals surface area contributed by atoms with Crippen LogP contribution < -0.4 is 10.5 Å². The third kappa shape index (κ3) is 3.59. The van der Waals surface area contributed by atoms with Crippen molar-refractivity contribution >= 4 is 15.7 Å². The Hall–Kier alpha value is -1.93. The lowest BCUT2D eigenvalue weighted by atomic mass is 10.1. The Morgan fingerprint density at radius 2 is 2.05 bits per heavy atom. The van der Waals surface area contributed by atoms with Gasteiger partial charge < -0.3 is 5.73 Å². The van der Waals surface area contributed by atoms with Gasteiger partial charge in [0, 0.05) is 25.7 Å². The number of anilines is 1. The Balaban J connectivity index is 2.12. The van der Waals surface area contributed by atoms with E-state index in [0.717, 1.165) is 5.56 Å². The lowest BCUT2D eigenvalue weighted by Gasteiger charge is -2.11. The number of aromatic nitrogens is 3. The van der Waals surface area contributed by atoms with E-state index in [1.54, 1.807) is 37.1 Å². The molecule has 0 bridgehead atoms. The minimum absolute atomic E-state index is 0.217. The number of nitrogen functional groups attached to an aromatic ring is 1. The van der Waals surface area contributed by atoms with Crippen molar-refractivity contribution in [3.63, 3.8) is 0 Å². The van der Waals surface area contributed by atoms with Crippen LogP contribution in [0.15, 0.2) is 23.4 Å². The molecule has 0 saturated carbocycles. The van der Waals surface area contributed by atoms with Crippen molar-refractivity contribution in [1.82, 2.24) is 19.5 Å². The van der Waals surface area contributed by atoms with Gasteiger partial charge in [-0.1, -0.05) is 0 Å². The maximum absolute atomic E-state index is 12.3.